The Balaban J connectivity index is 2.14. The fourth-order valence-corrected chi connectivity index (χ4v) is 5.56. The Kier molecular flexibility index (Phi) is 14.8. The van der Waals surface area contributed by atoms with Crippen molar-refractivity contribution in [3.05, 3.63) is 63.3 Å². The van der Waals surface area contributed by atoms with Crippen molar-refractivity contribution in [2.24, 2.45) is 11.8 Å². The summed E-state index contributed by atoms with van der Waals surface area (Å²) in [6.45, 7) is 11.3. The van der Waals surface area contributed by atoms with Gasteiger partial charge in [0, 0.05) is 18.4 Å². The molecule has 0 radical (unpaired) electrons. The van der Waals surface area contributed by atoms with E-state index >= 15 is 0 Å². The number of hydrogen-bond acceptors (Lipinski definition) is 9. The Morgan fingerprint density at radius 2 is 1.84 bits per heavy atom. The zero-order chi connectivity index (χ0) is 32.3. The summed E-state index contributed by atoms with van der Waals surface area (Å²) in [6, 6.07) is 1.20. The van der Waals surface area contributed by atoms with Gasteiger partial charge >= 0.3 is 5.63 Å². The predicted molar refractivity (Wildman–Crippen MR) is 167 cm³/mol. The van der Waals surface area contributed by atoms with Gasteiger partial charge in [-0.15, -0.1) is 0 Å². The molecule has 43 heavy (non-hydrogen) atoms. The van der Waals surface area contributed by atoms with Crippen LogP contribution >= 0.6 is 0 Å². The normalized spacial score (nSPS) is 24.3. The number of ether oxygens (including phenoxy) is 1. The van der Waals surface area contributed by atoms with Gasteiger partial charge in [0.1, 0.15) is 29.3 Å². The SMILES string of the molecule is CCCCCCC(C)CC(C)=CC(C=C(C)C=CC(O)C(C)(C)c1cc(O)c(C2OC(CO)CC(O)C2O)c(=O)o1)CO. The summed E-state index contributed by atoms with van der Waals surface area (Å²) in [5.41, 5.74) is -0.399. The zero-order valence-corrected chi connectivity index (χ0v) is 26.7. The maximum atomic E-state index is 12.9. The van der Waals surface area contributed by atoms with Gasteiger partial charge in [0.2, 0.25) is 0 Å². The smallest absolute Gasteiger partial charge is 0.345 e. The topological polar surface area (TPSA) is 161 Å². The van der Waals surface area contributed by atoms with E-state index in [0.717, 1.165) is 12.0 Å². The third-order valence-corrected chi connectivity index (χ3v) is 8.33. The minimum atomic E-state index is -1.50. The van der Waals surface area contributed by atoms with Crippen molar-refractivity contribution in [3.63, 3.8) is 0 Å². The highest BCUT2D eigenvalue weighted by Crippen LogP contribution is 2.37. The van der Waals surface area contributed by atoms with E-state index in [4.69, 9.17) is 9.15 Å². The first-order valence-electron chi connectivity index (χ1n) is 15.6. The molecule has 2 heterocycles. The Bertz CT molecular complexity index is 1150. The molecule has 1 aliphatic rings. The molecule has 0 saturated carbocycles. The molecule has 9 heteroatoms. The minimum Gasteiger partial charge on any atom is -0.507 e. The van der Waals surface area contributed by atoms with E-state index in [1.807, 2.05) is 13.0 Å². The second kappa shape index (κ2) is 17.3. The van der Waals surface area contributed by atoms with Crippen molar-refractivity contribution >= 4 is 0 Å². The van der Waals surface area contributed by atoms with E-state index in [-0.39, 0.29) is 30.3 Å². The molecular formula is C34H54O9. The van der Waals surface area contributed by atoms with Crippen molar-refractivity contribution in [3.8, 4) is 5.75 Å². The lowest BCUT2D eigenvalue weighted by Crippen LogP contribution is -2.46. The number of hydrogen-bond donors (Lipinski definition) is 6. The van der Waals surface area contributed by atoms with Gasteiger partial charge in [0.25, 0.3) is 0 Å². The van der Waals surface area contributed by atoms with Crippen LogP contribution in [0.2, 0.25) is 0 Å². The third kappa shape index (κ3) is 10.7. The van der Waals surface area contributed by atoms with Crippen molar-refractivity contribution in [2.45, 2.75) is 122 Å². The lowest BCUT2D eigenvalue weighted by atomic mass is 9.82. The second-order valence-corrected chi connectivity index (χ2v) is 12.8. The highest BCUT2D eigenvalue weighted by Gasteiger charge is 2.41. The Hall–Kier alpha value is -2.27. The largest absolute Gasteiger partial charge is 0.507 e. The summed E-state index contributed by atoms with van der Waals surface area (Å²) < 4.78 is 11.0. The molecule has 0 aliphatic carbocycles. The summed E-state index contributed by atoms with van der Waals surface area (Å²) >= 11 is 0. The summed E-state index contributed by atoms with van der Waals surface area (Å²) in [5.74, 6) is -0.0686. The van der Waals surface area contributed by atoms with Crippen LogP contribution in [0.3, 0.4) is 0 Å². The Labute approximate surface area is 256 Å². The first-order valence-corrected chi connectivity index (χ1v) is 15.6. The second-order valence-electron chi connectivity index (χ2n) is 12.8. The van der Waals surface area contributed by atoms with Gasteiger partial charge in [-0.3, -0.25) is 0 Å². The van der Waals surface area contributed by atoms with Gasteiger partial charge in [0.15, 0.2) is 0 Å². The molecule has 0 spiro atoms. The Morgan fingerprint density at radius 3 is 2.44 bits per heavy atom. The number of aliphatic hydroxyl groups is 5. The molecule has 7 unspecified atom stereocenters. The fraction of sp³-hybridized carbons (Fsp3) is 0.676. The predicted octanol–water partition coefficient (Wildman–Crippen LogP) is 4.58. The van der Waals surface area contributed by atoms with E-state index < -0.39 is 53.9 Å². The molecule has 0 bridgehead atoms. The monoisotopic (exact) mass is 606 g/mol. The molecule has 1 aromatic heterocycles. The van der Waals surface area contributed by atoms with Crippen molar-refractivity contribution in [1.29, 1.82) is 0 Å². The zero-order valence-electron chi connectivity index (χ0n) is 26.7. The van der Waals surface area contributed by atoms with Crippen LogP contribution in [-0.4, -0.2) is 68.3 Å². The highest BCUT2D eigenvalue weighted by molar-refractivity contribution is 5.36. The molecule has 6 N–H and O–H groups in total. The van der Waals surface area contributed by atoms with Gasteiger partial charge < -0.3 is 39.8 Å². The summed E-state index contributed by atoms with van der Waals surface area (Å²) in [4.78, 5) is 12.9. The molecule has 7 atom stereocenters. The third-order valence-electron chi connectivity index (χ3n) is 8.33. The average molecular weight is 607 g/mol. The van der Waals surface area contributed by atoms with Crippen LogP contribution in [-0.2, 0) is 10.2 Å². The van der Waals surface area contributed by atoms with Crippen LogP contribution in [0.4, 0.5) is 0 Å². The molecule has 244 valence electrons. The number of rotatable bonds is 16. The molecule has 2 rings (SSSR count). The number of aromatic hydroxyl groups is 1. The Morgan fingerprint density at radius 1 is 1.14 bits per heavy atom. The average Bonchev–Trinajstić information content (AvgIpc) is 2.95. The first kappa shape index (κ1) is 36.9. The molecule has 9 nitrogen and oxygen atoms in total. The highest BCUT2D eigenvalue weighted by atomic mass is 16.5. The first-order chi connectivity index (χ1) is 20.2. The minimum absolute atomic E-state index is 0.0118. The lowest BCUT2D eigenvalue weighted by Gasteiger charge is -2.36. The van der Waals surface area contributed by atoms with Crippen LogP contribution in [0.15, 0.2) is 50.7 Å². The molecule has 0 aromatic carbocycles. The van der Waals surface area contributed by atoms with Crippen molar-refractivity contribution in [1.82, 2.24) is 0 Å². The maximum Gasteiger partial charge on any atom is 0.345 e. The summed E-state index contributed by atoms with van der Waals surface area (Å²) in [6.07, 6.45) is 8.44. The molecule has 1 saturated heterocycles. The van der Waals surface area contributed by atoms with Crippen LogP contribution in [0.1, 0.15) is 104 Å². The maximum absolute atomic E-state index is 12.9. The molecular weight excluding hydrogens is 552 g/mol. The van der Waals surface area contributed by atoms with Gasteiger partial charge in [-0.05, 0) is 40.0 Å². The molecule has 1 aromatic rings. The number of aliphatic hydroxyl groups excluding tert-OH is 5. The van der Waals surface area contributed by atoms with Crippen LogP contribution in [0.25, 0.3) is 0 Å². The number of unbranched alkanes of at least 4 members (excludes halogenated alkanes) is 3. The van der Waals surface area contributed by atoms with Gasteiger partial charge in [-0.1, -0.05) is 81.4 Å². The molecule has 0 amide bonds. The lowest BCUT2D eigenvalue weighted by molar-refractivity contribution is -0.180. The van der Waals surface area contributed by atoms with Crippen LogP contribution in [0, 0.1) is 11.8 Å². The number of allylic oxidation sites excluding steroid dienone is 3. The quantitative estimate of drug-likeness (QED) is 0.0899. The van der Waals surface area contributed by atoms with E-state index in [2.05, 4.69) is 26.8 Å². The summed E-state index contributed by atoms with van der Waals surface area (Å²) in [7, 11) is 0. The summed E-state index contributed by atoms with van der Waals surface area (Å²) in [5, 5.41) is 61.7. The van der Waals surface area contributed by atoms with E-state index in [0.29, 0.717) is 5.92 Å². The fourth-order valence-electron chi connectivity index (χ4n) is 5.56. The van der Waals surface area contributed by atoms with E-state index in [9.17, 15) is 35.4 Å². The van der Waals surface area contributed by atoms with Crippen LogP contribution < -0.4 is 5.63 Å². The van der Waals surface area contributed by atoms with Crippen LogP contribution in [0.5, 0.6) is 5.75 Å². The molecule has 1 fully saturated rings. The van der Waals surface area contributed by atoms with Crippen molar-refractivity contribution in [2.75, 3.05) is 13.2 Å². The standard InChI is InChI=1S/C34H54O9/c1-7-8-9-10-11-21(2)14-23(4)16-24(19-35)15-22(3)12-13-28(39)34(5,6)29-18-26(37)30(33(41)43-29)32-31(40)27(38)17-25(20-36)42-32/h12-13,15-16,18,21,24-25,27-28,31-32,35-40H,7-11,14,17,19-20H2,1-6H3. The van der Waals surface area contributed by atoms with E-state index in [1.165, 1.54) is 43.7 Å². The van der Waals surface area contributed by atoms with Gasteiger partial charge in [-0.2, -0.15) is 0 Å². The van der Waals surface area contributed by atoms with Crippen molar-refractivity contribution < 1.29 is 39.8 Å². The van der Waals surface area contributed by atoms with Gasteiger partial charge in [-0.25, -0.2) is 4.79 Å². The molecule has 1 aliphatic heterocycles. The van der Waals surface area contributed by atoms with Gasteiger partial charge in [0.05, 0.1) is 36.9 Å². The van der Waals surface area contributed by atoms with E-state index in [1.54, 1.807) is 26.0 Å².